The second-order valence-electron chi connectivity index (χ2n) is 4.24. The third kappa shape index (κ3) is 2.45. The number of aromatic nitrogens is 3. The Kier molecular flexibility index (Phi) is 3.30. The lowest BCUT2D eigenvalue weighted by molar-refractivity contribution is 0.100. The number of primary amides is 1. The van der Waals surface area contributed by atoms with E-state index < -0.39 is 11.7 Å². The lowest BCUT2D eigenvalue weighted by atomic mass is 10.2. The molecule has 0 aliphatic heterocycles. The van der Waals surface area contributed by atoms with Gasteiger partial charge in [-0.05, 0) is 18.2 Å². The van der Waals surface area contributed by atoms with Gasteiger partial charge in [-0.2, -0.15) is 5.10 Å². The number of halogens is 2. The zero-order valence-electron chi connectivity index (χ0n) is 10.5. The van der Waals surface area contributed by atoms with Gasteiger partial charge in [0.05, 0.1) is 17.6 Å². The Balaban J connectivity index is 2.11. The number of hydrogen-bond donors (Lipinski definition) is 2. The fourth-order valence-electron chi connectivity index (χ4n) is 1.95. The van der Waals surface area contributed by atoms with E-state index in [-0.39, 0.29) is 11.3 Å². The van der Waals surface area contributed by atoms with Crippen molar-refractivity contribution in [2.24, 2.45) is 5.73 Å². The smallest absolute Gasteiger partial charge is 0.254 e. The van der Waals surface area contributed by atoms with Crippen LogP contribution in [-0.2, 0) is 0 Å². The molecule has 21 heavy (non-hydrogen) atoms. The van der Waals surface area contributed by atoms with E-state index in [0.29, 0.717) is 15.8 Å². The van der Waals surface area contributed by atoms with Crippen LogP contribution in [0.4, 0.5) is 15.8 Å². The molecule has 3 aromatic rings. The van der Waals surface area contributed by atoms with E-state index in [9.17, 15) is 9.18 Å². The number of benzene rings is 1. The number of imidazole rings is 1. The summed E-state index contributed by atoms with van der Waals surface area (Å²) in [5.74, 6) is -1.14. The van der Waals surface area contributed by atoms with Crippen LogP contribution in [0.2, 0.25) is 0 Å². The molecule has 0 fully saturated rings. The maximum atomic E-state index is 13.9. The summed E-state index contributed by atoms with van der Waals surface area (Å²) in [5.41, 5.74) is 6.36. The highest BCUT2D eigenvalue weighted by Crippen LogP contribution is 2.26. The molecular formula is C13H9BrFN5O. The summed E-state index contributed by atoms with van der Waals surface area (Å²) in [6, 6.07) is 4.53. The standard InChI is InChI=1S/C13H9BrFN5O/c14-7-1-2-9(8(15)5-7)19-10-6-18-20-4-3-17-13(20)11(10)12(16)21/h1-6,19H,(H2,16,21). The molecule has 8 heteroatoms. The molecule has 0 unspecified atom stereocenters. The second kappa shape index (κ2) is 5.13. The Labute approximate surface area is 126 Å². The summed E-state index contributed by atoms with van der Waals surface area (Å²) >= 11 is 3.18. The average Bonchev–Trinajstić information content (AvgIpc) is 2.89. The molecule has 0 spiro atoms. The van der Waals surface area contributed by atoms with Crippen molar-refractivity contribution in [3.63, 3.8) is 0 Å². The van der Waals surface area contributed by atoms with Crippen molar-refractivity contribution in [2.45, 2.75) is 0 Å². The Bertz CT molecular complexity index is 848. The van der Waals surface area contributed by atoms with Gasteiger partial charge in [0, 0.05) is 16.9 Å². The second-order valence-corrected chi connectivity index (χ2v) is 5.16. The molecule has 1 aromatic carbocycles. The largest absolute Gasteiger partial charge is 0.365 e. The van der Waals surface area contributed by atoms with Gasteiger partial charge in [0.25, 0.3) is 5.91 Å². The van der Waals surface area contributed by atoms with E-state index in [1.165, 1.54) is 23.0 Å². The first-order chi connectivity index (χ1) is 10.1. The topological polar surface area (TPSA) is 85.3 Å². The highest BCUT2D eigenvalue weighted by molar-refractivity contribution is 9.10. The first-order valence-corrected chi connectivity index (χ1v) is 6.70. The normalized spacial score (nSPS) is 10.8. The first kappa shape index (κ1) is 13.5. The Morgan fingerprint density at radius 2 is 2.19 bits per heavy atom. The maximum absolute atomic E-state index is 13.9. The Morgan fingerprint density at radius 3 is 2.90 bits per heavy atom. The maximum Gasteiger partial charge on any atom is 0.254 e. The molecule has 1 amide bonds. The molecule has 0 atom stereocenters. The third-order valence-electron chi connectivity index (χ3n) is 2.87. The molecule has 0 saturated heterocycles. The number of carbonyl (C=O) groups excluding carboxylic acids is 1. The van der Waals surface area contributed by atoms with Crippen LogP contribution in [0, 0.1) is 5.82 Å². The molecule has 0 bridgehead atoms. The van der Waals surface area contributed by atoms with Gasteiger partial charge in [0.1, 0.15) is 11.4 Å². The first-order valence-electron chi connectivity index (χ1n) is 5.90. The van der Waals surface area contributed by atoms with Crippen LogP contribution in [0.15, 0.2) is 41.3 Å². The highest BCUT2D eigenvalue weighted by Gasteiger charge is 2.16. The predicted molar refractivity (Wildman–Crippen MR) is 78.9 cm³/mol. The van der Waals surface area contributed by atoms with Gasteiger partial charge in [-0.25, -0.2) is 13.9 Å². The zero-order chi connectivity index (χ0) is 15.0. The molecule has 0 aliphatic rings. The van der Waals surface area contributed by atoms with Crippen molar-refractivity contribution in [1.29, 1.82) is 0 Å². The van der Waals surface area contributed by atoms with E-state index in [2.05, 4.69) is 31.3 Å². The number of nitrogens with zero attached hydrogens (tertiary/aromatic N) is 3. The number of nitrogens with one attached hydrogen (secondary N) is 1. The number of hydrogen-bond acceptors (Lipinski definition) is 4. The van der Waals surface area contributed by atoms with Crippen LogP contribution in [0.1, 0.15) is 10.4 Å². The summed E-state index contributed by atoms with van der Waals surface area (Å²) in [5, 5.41) is 6.90. The molecule has 0 saturated carbocycles. The molecule has 2 aromatic heterocycles. The van der Waals surface area contributed by atoms with E-state index in [1.54, 1.807) is 18.3 Å². The molecule has 0 radical (unpaired) electrons. The van der Waals surface area contributed by atoms with Crippen molar-refractivity contribution in [3.05, 3.63) is 52.6 Å². The SMILES string of the molecule is NC(=O)c1c(Nc2ccc(Br)cc2F)cnn2ccnc12. The van der Waals surface area contributed by atoms with Crippen LogP contribution in [0.25, 0.3) is 5.65 Å². The average molecular weight is 350 g/mol. The summed E-state index contributed by atoms with van der Waals surface area (Å²) in [6.45, 7) is 0. The lowest BCUT2D eigenvalue weighted by Gasteiger charge is -2.11. The fraction of sp³-hybridized carbons (Fsp3) is 0. The molecule has 6 nitrogen and oxygen atoms in total. The Hall–Kier alpha value is -2.48. The summed E-state index contributed by atoms with van der Waals surface area (Å²) in [4.78, 5) is 15.7. The number of carbonyl (C=O) groups is 1. The van der Waals surface area contributed by atoms with Crippen LogP contribution in [-0.4, -0.2) is 20.5 Å². The van der Waals surface area contributed by atoms with E-state index in [1.807, 2.05) is 0 Å². The van der Waals surface area contributed by atoms with Gasteiger partial charge < -0.3 is 11.1 Å². The van der Waals surface area contributed by atoms with Crippen molar-refractivity contribution in [1.82, 2.24) is 14.6 Å². The van der Waals surface area contributed by atoms with Crippen molar-refractivity contribution in [2.75, 3.05) is 5.32 Å². The van der Waals surface area contributed by atoms with Gasteiger partial charge in [-0.3, -0.25) is 4.79 Å². The van der Waals surface area contributed by atoms with E-state index in [0.717, 1.165) is 0 Å². The molecule has 0 aliphatic carbocycles. The number of fused-ring (bicyclic) bond motifs is 1. The molecule has 3 rings (SSSR count). The van der Waals surface area contributed by atoms with Gasteiger partial charge in [0.2, 0.25) is 0 Å². The minimum Gasteiger partial charge on any atom is -0.365 e. The van der Waals surface area contributed by atoms with Gasteiger partial charge in [0.15, 0.2) is 5.65 Å². The number of rotatable bonds is 3. The molecule has 2 heterocycles. The lowest BCUT2D eigenvalue weighted by Crippen LogP contribution is -2.16. The van der Waals surface area contributed by atoms with Gasteiger partial charge >= 0.3 is 0 Å². The van der Waals surface area contributed by atoms with Gasteiger partial charge in [-0.1, -0.05) is 15.9 Å². The number of amides is 1. The molecular weight excluding hydrogens is 341 g/mol. The Morgan fingerprint density at radius 1 is 1.38 bits per heavy atom. The summed E-state index contributed by atoms with van der Waals surface area (Å²) in [6.07, 6.45) is 4.49. The van der Waals surface area contributed by atoms with Crippen LogP contribution < -0.4 is 11.1 Å². The van der Waals surface area contributed by atoms with E-state index >= 15 is 0 Å². The van der Waals surface area contributed by atoms with E-state index in [4.69, 9.17) is 5.73 Å². The minimum atomic E-state index is -0.673. The van der Waals surface area contributed by atoms with Crippen molar-refractivity contribution >= 4 is 38.9 Å². The predicted octanol–water partition coefficient (Wildman–Crippen LogP) is 2.47. The molecule has 3 N–H and O–H groups in total. The third-order valence-corrected chi connectivity index (χ3v) is 3.37. The van der Waals surface area contributed by atoms with Crippen LogP contribution in [0.5, 0.6) is 0 Å². The van der Waals surface area contributed by atoms with Crippen LogP contribution in [0.3, 0.4) is 0 Å². The highest BCUT2D eigenvalue weighted by atomic mass is 79.9. The quantitative estimate of drug-likeness (QED) is 0.760. The minimum absolute atomic E-state index is 0.150. The fourth-order valence-corrected chi connectivity index (χ4v) is 2.28. The van der Waals surface area contributed by atoms with Crippen LogP contribution >= 0.6 is 15.9 Å². The molecule has 106 valence electrons. The monoisotopic (exact) mass is 349 g/mol. The van der Waals surface area contributed by atoms with Crippen molar-refractivity contribution < 1.29 is 9.18 Å². The van der Waals surface area contributed by atoms with Crippen molar-refractivity contribution in [3.8, 4) is 0 Å². The number of anilines is 2. The number of nitrogens with two attached hydrogens (primary N) is 1. The zero-order valence-corrected chi connectivity index (χ0v) is 12.1. The van der Waals surface area contributed by atoms with Gasteiger partial charge in [-0.15, -0.1) is 0 Å². The summed E-state index contributed by atoms with van der Waals surface area (Å²) < 4.78 is 15.9. The summed E-state index contributed by atoms with van der Waals surface area (Å²) in [7, 11) is 0.